The highest BCUT2D eigenvalue weighted by Crippen LogP contribution is 2.22. The Hall–Kier alpha value is -1.88. The zero-order valence-corrected chi connectivity index (χ0v) is 12.7. The topological polar surface area (TPSA) is 67.4 Å². The normalized spacial score (nSPS) is 19.4. The summed E-state index contributed by atoms with van der Waals surface area (Å²) in [6.45, 7) is 3.86. The van der Waals surface area contributed by atoms with Gasteiger partial charge in [-0.25, -0.2) is 0 Å². The van der Waals surface area contributed by atoms with Gasteiger partial charge in [0.05, 0.1) is 13.2 Å². The molecule has 2 atom stereocenters. The summed E-state index contributed by atoms with van der Waals surface area (Å²) in [5.74, 6) is -0.384. The molecule has 1 aliphatic heterocycles. The number of fused-ring (bicyclic) bond motifs is 1. The Morgan fingerprint density at radius 3 is 2.76 bits per heavy atom. The highest BCUT2D eigenvalue weighted by Gasteiger charge is 2.30. The number of anilines is 1. The monoisotopic (exact) mass is 290 g/mol. The number of carbonyl (C=O) groups excluding carboxylic acids is 2. The lowest BCUT2D eigenvalue weighted by molar-refractivity contribution is -0.144. The second-order valence-corrected chi connectivity index (χ2v) is 5.65. The molecule has 1 aliphatic rings. The molecule has 0 saturated heterocycles. The quantitative estimate of drug-likeness (QED) is 0.829. The number of rotatable bonds is 4. The lowest BCUT2D eigenvalue weighted by Crippen LogP contribution is -2.51. The molecule has 1 aromatic rings. The number of methoxy groups -OCH3 is 1. The summed E-state index contributed by atoms with van der Waals surface area (Å²) in [5, 5.41) is 6.06. The first-order chi connectivity index (χ1) is 10.0. The van der Waals surface area contributed by atoms with Gasteiger partial charge in [-0.05, 0) is 30.4 Å². The fraction of sp³-hybridized carbons (Fsp3) is 0.500. The van der Waals surface area contributed by atoms with Gasteiger partial charge < -0.3 is 10.1 Å². The van der Waals surface area contributed by atoms with Crippen molar-refractivity contribution in [1.29, 1.82) is 0 Å². The van der Waals surface area contributed by atoms with Crippen molar-refractivity contribution < 1.29 is 14.3 Å². The van der Waals surface area contributed by atoms with Crippen LogP contribution in [0.15, 0.2) is 24.3 Å². The van der Waals surface area contributed by atoms with Crippen molar-refractivity contribution in [2.75, 3.05) is 12.4 Å². The third kappa shape index (κ3) is 3.61. The van der Waals surface area contributed by atoms with E-state index in [0.717, 1.165) is 17.7 Å². The molecule has 0 radical (unpaired) electrons. The van der Waals surface area contributed by atoms with Gasteiger partial charge in [0.15, 0.2) is 0 Å². The van der Waals surface area contributed by atoms with Crippen molar-refractivity contribution in [2.45, 2.75) is 38.8 Å². The zero-order chi connectivity index (χ0) is 15.4. The number of aryl methyl sites for hydroxylation is 1. The van der Waals surface area contributed by atoms with Crippen LogP contribution in [0.3, 0.4) is 0 Å². The van der Waals surface area contributed by atoms with Gasteiger partial charge >= 0.3 is 5.97 Å². The Labute approximate surface area is 125 Å². The van der Waals surface area contributed by atoms with E-state index >= 15 is 0 Å². The van der Waals surface area contributed by atoms with Crippen molar-refractivity contribution in [2.24, 2.45) is 5.92 Å². The van der Waals surface area contributed by atoms with Gasteiger partial charge in [-0.2, -0.15) is 0 Å². The Kier molecular flexibility index (Phi) is 4.96. The predicted octanol–water partition coefficient (Wildman–Crippen LogP) is 1.73. The van der Waals surface area contributed by atoms with Gasteiger partial charge in [-0.15, -0.1) is 0 Å². The summed E-state index contributed by atoms with van der Waals surface area (Å²) in [7, 11) is 1.36. The van der Waals surface area contributed by atoms with Gasteiger partial charge in [0.2, 0.25) is 5.91 Å². The second kappa shape index (κ2) is 6.72. The molecule has 2 N–H and O–H groups in total. The van der Waals surface area contributed by atoms with Crippen LogP contribution in [0.5, 0.6) is 0 Å². The summed E-state index contributed by atoms with van der Waals surface area (Å²) in [6.07, 6.45) is 1.45. The van der Waals surface area contributed by atoms with E-state index in [9.17, 15) is 9.59 Å². The summed E-state index contributed by atoms with van der Waals surface area (Å²) in [5.41, 5.74) is 1.97. The fourth-order valence-electron chi connectivity index (χ4n) is 2.55. The van der Waals surface area contributed by atoms with Crippen LogP contribution in [-0.2, 0) is 20.7 Å². The van der Waals surface area contributed by atoms with Crippen LogP contribution in [0.25, 0.3) is 0 Å². The molecule has 0 fully saturated rings. The minimum absolute atomic E-state index is 0.0517. The molecule has 0 saturated carbocycles. The molecule has 0 bridgehead atoms. The fourth-order valence-corrected chi connectivity index (χ4v) is 2.55. The van der Waals surface area contributed by atoms with Crippen LogP contribution in [0.1, 0.15) is 25.8 Å². The smallest absolute Gasteiger partial charge is 0.323 e. The Morgan fingerprint density at radius 2 is 2.10 bits per heavy atom. The van der Waals surface area contributed by atoms with Crippen LogP contribution in [0.4, 0.5) is 5.69 Å². The molecular formula is C16H22N2O3. The van der Waals surface area contributed by atoms with Gasteiger partial charge in [-0.1, -0.05) is 32.0 Å². The summed E-state index contributed by atoms with van der Waals surface area (Å²) in [4.78, 5) is 24.1. The lowest BCUT2D eigenvalue weighted by Gasteiger charge is -2.24. The van der Waals surface area contributed by atoms with Gasteiger partial charge in [0.1, 0.15) is 6.04 Å². The van der Waals surface area contributed by atoms with E-state index < -0.39 is 12.1 Å². The number of carbonyl (C=O) groups is 2. The average Bonchev–Trinajstić information content (AvgIpc) is 2.62. The highest BCUT2D eigenvalue weighted by atomic mass is 16.5. The van der Waals surface area contributed by atoms with Crippen LogP contribution in [0.2, 0.25) is 0 Å². The van der Waals surface area contributed by atoms with Crippen molar-refractivity contribution in [1.82, 2.24) is 5.32 Å². The molecule has 5 nitrogen and oxygen atoms in total. The maximum Gasteiger partial charge on any atom is 0.323 e. The molecule has 2 rings (SSSR count). The van der Waals surface area contributed by atoms with Crippen LogP contribution >= 0.6 is 0 Å². The first-order valence-electron chi connectivity index (χ1n) is 7.25. The SMILES string of the molecule is COC(=O)C(NC1CCc2ccccc2NC1=O)C(C)C. The van der Waals surface area contributed by atoms with Crippen molar-refractivity contribution >= 4 is 17.6 Å². The van der Waals surface area contributed by atoms with E-state index in [-0.39, 0.29) is 17.8 Å². The summed E-state index contributed by atoms with van der Waals surface area (Å²) < 4.78 is 4.81. The highest BCUT2D eigenvalue weighted by molar-refractivity contribution is 5.96. The molecule has 21 heavy (non-hydrogen) atoms. The Bertz CT molecular complexity index is 528. The minimum Gasteiger partial charge on any atom is -0.468 e. The molecule has 1 heterocycles. The van der Waals surface area contributed by atoms with E-state index in [1.165, 1.54) is 7.11 Å². The number of amides is 1. The number of esters is 1. The molecule has 1 aromatic carbocycles. The molecular weight excluding hydrogens is 268 g/mol. The first-order valence-corrected chi connectivity index (χ1v) is 7.25. The lowest BCUT2D eigenvalue weighted by atomic mass is 10.0. The van der Waals surface area contributed by atoms with E-state index in [2.05, 4.69) is 10.6 Å². The molecule has 0 spiro atoms. The van der Waals surface area contributed by atoms with E-state index in [1.54, 1.807) is 0 Å². The van der Waals surface area contributed by atoms with Crippen LogP contribution < -0.4 is 10.6 Å². The van der Waals surface area contributed by atoms with Crippen molar-refractivity contribution in [3.63, 3.8) is 0 Å². The third-order valence-electron chi connectivity index (χ3n) is 3.80. The minimum atomic E-state index is -0.480. The molecule has 5 heteroatoms. The van der Waals surface area contributed by atoms with Crippen molar-refractivity contribution in [3.05, 3.63) is 29.8 Å². The number of hydrogen-bond donors (Lipinski definition) is 2. The summed E-state index contributed by atoms with van der Waals surface area (Å²) in [6, 6.07) is 6.90. The Balaban J connectivity index is 2.11. The molecule has 114 valence electrons. The van der Waals surface area contributed by atoms with Crippen LogP contribution in [-0.4, -0.2) is 31.1 Å². The van der Waals surface area contributed by atoms with Crippen LogP contribution in [0, 0.1) is 5.92 Å². The van der Waals surface area contributed by atoms with Gasteiger partial charge in [0, 0.05) is 5.69 Å². The maximum atomic E-state index is 12.3. The largest absolute Gasteiger partial charge is 0.468 e. The number of benzene rings is 1. The second-order valence-electron chi connectivity index (χ2n) is 5.65. The summed E-state index contributed by atoms with van der Waals surface area (Å²) >= 11 is 0. The first kappa shape index (κ1) is 15.5. The molecule has 0 aliphatic carbocycles. The molecule has 1 amide bonds. The molecule has 0 aromatic heterocycles. The average molecular weight is 290 g/mol. The Morgan fingerprint density at radius 1 is 1.38 bits per heavy atom. The van der Waals surface area contributed by atoms with Gasteiger partial charge in [0.25, 0.3) is 0 Å². The maximum absolute atomic E-state index is 12.3. The zero-order valence-electron chi connectivity index (χ0n) is 12.7. The van der Waals surface area contributed by atoms with E-state index in [1.807, 2.05) is 38.1 Å². The number of hydrogen-bond acceptors (Lipinski definition) is 4. The van der Waals surface area contributed by atoms with E-state index in [0.29, 0.717) is 6.42 Å². The molecule has 2 unspecified atom stereocenters. The van der Waals surface area contributed by atoms with E-state index in [4.69, 9.17) is 4.74 Å². The number of ether oxygens (including phenoxy) is 1. The predicted molar refractivity (Wildman–Crippen MR) is 81.0 cm³/mol. The van der Waals surface area contributed by atoms with Crippen molar-refractivity contribution in [3.8, 4) is 0 Å². The standard InChI is InChI=1S/C16H22N2O3/c1-10(2)14(16(20)21-3)17-13-9-8-11-6-4-5-7-12(11)18-15(13)19/h4-7,10,13-14,17H,8-9H2,1-3H3,(H,18,19). The number of para-hydroxylation sites is 1. The number of nitrogens with one attached hydrogen (secondary N) is 2. The third-order valence-corrected chi connectivity index (χ3v) is 3.80. The van der Waals surface area contributed by atoms with Gasteiger partial charge in [-0.3, -0.25) is 14.9 Å².